The minimum Gasteiger partial charge on any atom is -0.507 e. The quantitative estimate of drug-likeness (QED) is 0.753. The molecule has 0 radical (unpaired) electrons. The molecular formula is C17H19N3O4S. The third-order valence-electron chi connectivity index (χ3n) is 3.89. The van der Waals surface area contributed by atoms with Gasteiger partial charge in [0.15, 0.2) is 0 Å². The molecule has 1 aliphatic heterocycles. The summed E-state index contributed by atoms with van der Waals surface area (Å²) in [6, 6.07) is 6.51. The van der Waals surface area contributed by atoms with Crippen molar-refractivity contribution < 1.29 is 18.3 Å². The number of amides is 1. The topological polar surface area (TPSA) is 108 Å². The van der Waals surface area contributed by atoms with Gasteiger partial charge in [-0.15, -0.1) is 0 Å². The van der Waals surface area contributed by atoms with Gasteiger partial charge in [-0.3, -0.25) is 4.79 Å². The number of anilines is 1. The third-order valence-corrected chi connectivity index (χ3v) is 5.27. The fourth-order valence-electron chi connectivity index (χ4n) is 2.58. The Morgan fingerprint density at radius 3 is 2.68 bits per heavy atom. The Labute approximate surface area is 145 Å². The Balaban J connectivity index is 1.99. The first kappa shape index (κ1) is 17.2. The molecule has 3 N–H and O–H groups in total. The standard InChI is InChI=1S/C17H19N3O4S/c1-10(2)5-6-18-16-4-3-11-7-14(21)12(8-13(11)19-16)15-9-17(22)20-25(15,23)24/h3-4,7-10,21H,5-6H2,1-2H3,(H,18,19)(H,20,22). The van der Waals surface area contributed by atoms with Crippen molar-refractivity contribution in [2.75, 3.05) is 11.9 Å². The average molecular weight is 361 g/mol. The highest BCUT2D eigenvalue weighted by molar-refractivity contribution is 8.00. The number of hydrogen-bond acceptors (Lipinski definition) is 6. The van der Waals surface area contributed by atoms with Gasteiger partial charge in [-0.25, -0.2) is 18.1 Å². The molecule has 1 aromatic carbocycles. The van der Waals surface area contributed by atoms with Crippen molar-refractivity contribution in [3.05, 3.63) is 35.9 Å². The monoisotopic (exact) mass is 361 g/mol. The Kier molecular flexibility index (Phi) is 4.38. The number of hydrogen-bond donors (Lipinski definition) is 3. The molecule has 7 nitrogen and oxygen atoms in total. The van der Waals surface area contributed by atoms with E-state index in [-0.39, 0.29) is 16.2 Å². The summed E-state index contributed by atoms with van der Waals surface area (Å²) in [6.45, 7) is 5.05. The molecular weight excluding hydrogens is 342 g/mol. The van der Waals surface area contributed by atoms with Gasteiger partial charge in [0.1, 0.15) is 16.5 Å². The fourth-order valence-corrected chi connectivity index (χ4v) is 3.73. The Morgan fingerprint density at radius 1 is 1.28 bits per heavy atom. The van der Waals surface area contributed by atoms with Crippen molar-refractivity contribution in [1.82, 2.24) is 9.71 Å². The number of sulfonamides is 1. The average Bonchev–Trinajstić information content (AvgIpc) is 2.79. The van der Waals surface area contributed by atoms with Gasteiger partial charge in [0.2, 0.25) is 0 Å². The number of carbonyl (C=O) groups excluding carboxylic acids is 1. The van der Waals surface area contributed by atoms with Crippen LogP contribution in [0, 0.1) is 5.92 Å². The number of rotatable bonds is 5. The number of phenolic OH excluding ortho intramolecular Hbond substituents is 1. The van der Waals surface area contributed by atoms with Gasteiger partial charge < -0.3 is 10.4 Å². The number of nitrogens with zero attached hydrogens (tertiary/aromatic N) is 1. The highest BCUT2D eigenvalue weighted by atomic mass is 32.2. The van der Waals surface area contributed by atoms with Crippen LogP contribution < -0.4 is 10.0 Å². The zero-order valence-electron chi connectivity index (χ0n) is 13.9. The van der Waals surface area contributed by atoms with Crippen LogP contribution in [0.25, 0.3) is 15.8 Å². The zero-order chi connectivity index (χ0) is 18.2. The first-order valence-electron chi connectivity index (χ1n) is 7.93. The lowest BCUT2D eigenvalue weighted by Gasteiger charge is -2.10. The molecule has 3 rings (SSSR count). The normalized spacial score (nSPS) is 16.1. The van der Waals surface area contributed by atoms with E-state index in [0.717, 1.165) is 19.0 Å². The van der Waals surface area contributed by atoms with Crippen LogP contribution in [0.5, 0.6) is 5.75 Å². The van der Waals surface area contributed by atoms with E-state index in [2.05, 4.69) is 24.1 Å². The molecule has 0 atom stereocenters. The Bertz CT molecular complexity index is 981. The van der Waals surface area contributed by atoms with Gasteiger partial charge in [-0.1, -0.05) is 13.8 Å². The number of pyridine rings is 1. The summed E-state index contributed by atoms with van der Waals surface area (Å²) in [7, 11) is -3.96. The molecule has 132 valence electrons. The first-order valence-corrected chi connectivity index (χ1v) is 9.41. The van der Waals surface area contributed by atoms with Crippen LogP contribution >= 0.6 is 0 Å². The maximum Gasteiger partial charge on any atom is 0.265 e. The van der Waals surface area contributed by atoms with Gasteiger partial charge in [0.05, 0.1) is 5.52 Å². The molecule has 0 unspecified atom stereocenters. The Hall–Kier alpha value is -2.61. The minimum absolute atomic E-state index is 0.0534. The SMILES string of the molecule is CC(C)CCNc1ccc2cc(O)c(C3=CC(=O)NS3(=O)=O)cc2n1. The number of nitrogens with one attached hydrogen (secondary N) is 2. The van der Waals surface area contributed by atoms with Crippen LogP contribution in [-0.2, 0) is 14.8 Å². The van der Waals surface area contributed by atoms with Gasteiger partial charge >= 0.3 is 0 Å². The van der Waals surface area contributed by atoms with E-state index in [0.29, 0.717) is 22.6 Å². The number of aromatic nitrogens is 1. The molecule has 1 amide bonds. The van der Waals surface area contributed by atoms with Crippen LogP contribution in [0.15, 0.2) is 30.3 Å². The third kappa shape index (κ3) is 3.58. The van der Waals surface area contributed by atoms with Crippen molar-refractivity contribution in [3.8, 4) is 5.75 Å². The molecule has 0 aliphatic carbocycles. The molecule has 1 aromatic heterocycles. The van der Waals surface area contributed by atoms with Gasteiger partial charge in [0, 0.05) is 23.6 Å². The van der Waals surface area contributed by atoms with Crippen molar-refractivity contribution in [1.29, 1.82) is 0 Å². The van der Waals surface area contributed by atoms with Crippen LogP contribution in [0.3, 0.4) is 0 Å². The Morgan fingerprint density at radius 2 is 2.04 bits per heavy atom. The molecule has 0 fully saturated rings. The molecule has 2 heterocycles. The number of aromatic hydroxyl groups is 1. The fraction of sp³-hybridized carbons (Fsp3) is 0.294. The predicted octanol–water partition coefficient (Wildman–Crippen LogP) is 2.20. The van der Waals surface area contributed by atoms with Crippen LogP contribution in [-0.4, -0.2) is 31.0 Å². The van der Waals surface area contributed by atoms with E-state index in [9.17, 15) is 18.3 Å². The maximum atomic E-state index is 12.0. The van der Waals surface area contributed by atoms with E-state index in [1.807, 2.05) is 4.72 Å². The summed E-state index contributed by atoms with van der Waals surface area (Å²) >= 11 is 0. The molecule has 1 aliphatic rings. The lowest BCUT2D eigenvalue weighted by molar-refractivity contribution is -0.114. The van der Waals surface area contributed by atoms with Gasteiger partial charge in [-0.05, 0) is 36.6 Å². The summed E-state index contributed by atoms with van der Waals surface area (Å²) in [5, 5.41) is 14.1. The van der Waals surface area contributed by atoms with Gasteiger partial charge in [0.25, 0.3) is 15.9 Å². The first-order chi connectivity index (χ1) is 11.8. The van der Waals surface area contributed by atoms with Crippen LogP contribution in [0.1, 0.15) is 25.8 Å². The molecule has 0 saturated carbocycles. The van der Waals surface area contributed by atoms with E-state index >= 15 is 0 Å². The van der Waals surface area contributed by atoms with Crippen molar-refractivity contribution >= 4 is 37.6 Å². The van der Waals surface area contributed by atoms with Gasteiger partial charge in [-0.2, -0.15) is 0 Å². The molecule has 0 spiro atoms. The summed E-state index contributed by atoms with van der Waals surface area (Å²) in [6.07, 6.45) is 1.96. The van der Waals surface area contributed by atoms with E-state index in [1.165, 1.54) is 12.1 Å². The van der Waals surface area contributed by atoms with Crippen molar-refractivity contribution in [3.63, 3.8) is 0 Å². The minimum atomic E-state index is -3.96. The molecule has 8 heteroatoms. The molecule has 0 saturated heterocycles. The highest BCUT2D eigenvalue weighted by Crippen LogP contribution is 2.34. The largest absolute Gasteiger partial charge is 0.507 e. The molecule has 2 aromatic rings. The maximum absolute atomic E-state index is 12.0. The number of benzene rings is 1. The van der Waals surface area contributed by atoms with E-state index < -0.39 is 15.9 Å². The second kappa shape index (κ2) is 6.36. The van der Waals surface area contributed by atoms with Crippen molar-refractivity contribution in [2.24, 2.45) is 5.92 Å². The predicted molar refractivity (Wildman–Crippen MR) is 96.4 cm³/mol. The number of phenols is 1. The summed E-state index contributed by atoms with van der Waals surface area (Å²) in [5.74, 6) is 0.288. The number of fused-ring (bicyclic) bond motifs is 1. The summed E-state index contributed by atoms with van der Waals surface area (Å²) < 4.78 is 25.8. The molecule has 25 heavy (non-hydrogen) atoms. The molecule has 0 bridgehead atoms. The second-order valence-corrected chi connectivity index (χ2v) is 8.00. The summed E-state index contributed by atoms with van der Waals surface area (Å²) in [4.78, 5) is 15.6. The number of carbonyl (C=O) groups is 1. The van der Waals surface area contributed by atoms with E-state index in [1.54, 1.807) is 12.1 Å². The summed E-state index contributed by atoms with van der Waals surface area (Å²) in [5.41, 5.74) is 0.579. The lowest BCUT2D eigenvalue weighted by atomic mass is 10.1. The van der Waals surface area contributed by atoms with Crippen molar-refractivity contribution in [2.45, 2.75) is 20.3 Å². The van der Waals surface area contributed by atoms with Crippen LogP contribution in [0.2, 0.25) is 0 Å². The zero-order valence-corrected chi connectivity index (χ0v) is 14.7. The second-order valence-electron chi connectivity index (χ2n) is 6.35. The van der Waals surface area contributed by atoms with Crippen LogP contribution in [0.4, 0.5) is 5.82 Å². The lowest BCUT2D eigenvalue weighted by Crippen LogP contribution is -2.22. The van der Waals surface area contributed by atoms with E-state index in [4.69, 9.17) is 0 Å². The highest BCUT2D eigenvalue weighted by Gasteiger charge is 2.30. The smallest absolute Gasteiger partial charge is 0.265 e.